The van der Waals surface area contributed by atoms with Crippen LogP contribution in [0.15, 0.2) is 41.3 Å². The molecular formula is C18H23N5O. The normalized spacial score (nSPS) is 11.2. The lowest BCUT2D eigenvalue weighted by Crippen LogP contribution is -2.20. The zero-order valence-corrected chi connectivity index (χ0v) is 13.9. The summed E-state index contributed by atoms with van der Waals surface area (Å²) in [5.41, 5.74) is 8.92. The number of hydrogen-bond acceptors (Lipinski definition) is 4. The predicted molar refractivity (Wildman–Crippen MR) is 96.4 cm³/mol. The third kappa shape index (κ3) is 3.55. The van der Waals surface area contributed by atoms with E-state index in [4.69, 9.17) is 5.73 Å². The van der Waals surface area contributed by atoms with Crippen molar-refractivity contribution in [3.05, 3.63) is 58.3 Å². The second-order valence-corrected chi connectivity index (χ2v) is 5.83. The second kappa shape index (κ2) is 7.42. The Hall–Kier alpha value is -2.44. The van der Waals surface area contributed by atoms with Crippen LogP contribution in [0.1, 0.15) is 24.6 Å². The van der Waals surface area contributed by atoms with Gasteiger partial charge in [-0.2, -0.15) is 4.98 Å². The van der Waals surface area contributed by atoms with Gasteiger partial charge in [-0.05, 0) is 49.7 Å². The number of nitrogens with one attached hydrogen (secondary N) is 2. The molecule has 0 fully saturated rings. The molecule has 2 aromatic heterocycles. The van der Waals surface area contributed by atoms with Crippen molar-refractivity contribution in [2.45, 2.75) is 26.3 Å². The summed E-state index contributed by atoms with van der Waals surface area (Å²) in [6.07, 6.45) is 3.70. The lowest BCUT2D eigenvalue weighted by molar-refractivity contribution is 0.655. The van der Waals surface area contributed by atoms with Gasteiger partial charge in [0.15, 0.2) is 0 Å². The lowest BCUT2D eigenvalue weighted by atomic mass is 10.2. The van der Waals surface area contributed by atoms with Gasteiger partial charge in [0.25, 0.3) is 0 Å². The number of nitrogens with zero attached hydrogens (tertiary/aromatic N) is 2. The molecule has 6 heteroatoms. The number of hydrogen-bond donors (Lipinski definition) is 3. The SMILES string of the molecule is CCc1cc2cn(-c3ccc(CNCCCN)cc3)c(=O)nc2[nH]1. The number of fused-ring (bicyclic) bond motifs is 1. The molecule has 0 saturated carbocycles. The van der Waals surface area contributed by atoms with E-state index in [1.807, 2.05) is 36.5 Å². The van der Waals surface area contributed by atoms with E-state index in [0.29, 0.717) is 12.2 Å². The molecule has 126 valence electrons. The number of rotatable bonds is 7. The summed E-state index contributed by atoms with van der Waals surface area (Å²) in [6, 6.07) is 9.98. The Morgan fingerprint density at radius 2 is 2.08 bits per heavy atom. The topological polar surface area (TPSA) is 88.7 Å². The summed E-state index contributed by atoms with van der Waals surface area (Å²) in [4.78, 5) is 19.6. The van der Waals surface area contributed by atoms with Crippen LogP contribution in [0, 0.1) is 0 Å². The molecule has 1 aromatic carbocycles. The van der Waals surface area contributed by atoms with Gasteiger partial charge in [-0.25, -0.2) is 4.79 Å². The quantitative estimate of drug-likeness (QED) is 0.577. The molecule has 0 aliphatic heterocycles. The van der Waals surface area contributed by atoms with Crippen LogP contribution in [-0.4, -0.2) is 27.6 Å². The predicted octanol–water partition coefficient (Wildman–Crippen LogP) is 1.71. The number of nitrogens with two attached hydrogens (primary N) is 1. The Bertz CT molecular complexity index is 863. The van der Waals surface area contributed by atoms with E-state index in [2.05, 4.69) is 22.2 Å². The zero-order chi connectivity index (χ0) is 16.9. The highest BCUT2D eigenvalue weighted by Gasteiger charge is 2.07. The number of aromatic amines is 1. The fraction of sp³-hybridized carbons (Fsp3) is 0.333. The molecule has 0 radical (unpaired) electrons. The maximum Gasteiger partial charge on any atom is 0.354 e. The highest BCUT2D eigenvalue weighted by molar-refractivity contribution is 5.75. The fourth-order valence-corrected chi connectivity index (χ4v) is 2.66. The second-order valence-electron chi connectivity index (χ2n) is 5.83. The van der Waals surface area contributed by atoms with Crippen LogP contribution in [0.3, 0.4) is 0 Å². The first-order valence-electron chi connectivity index (χ1n) is 8.32. The Morgan fingerprint density at radius 3 is 2.79 bits per heavy atom. The largest absolute Gasteiger partial charge is 0.354 e. The smallest absolute Gasteiger partial charge is 0.343 e. The zero-order valence-electron chi connectivity index (χ0n) is 13.9. The maximum absolute atomic E-state index is 12.3. The van der Waals surface area contributed by atoms with Gasteiger partial charge < -0.3 is 16.0 Å². The van der Waals surface area contributed by atoms with Gasteiger partial charge in [0.2, 0.25) is 0 Å². The van der Waals surface area contributed by atoms with Crippen molar-refractivity contribution in [3.8, 4) is 5.69 Å². The lowest BCUT2D eigenvalue weighted by Gasteiger charge is -2.07. The molecule has 3 rings (SSSR count). The molecule has 4 N–H and O–H groups in total. The maximum atomic E-state index is 12.3. The minimum Gasteiger partial charge on any atom is -0.343 e. The number of aromatic nitrogens is 3. The number of H-pyrrole nitrogens is 1. The number of aryl methyl sites for hydroxylation is 1. The minimum absolute atomic E-state index is 0.277. The van der Waals surface area contributed by atoms with Gasteiger partial charge in [-0.15, -0.1) is 0 Å². The molecule has 0 spiro atoms. The summed E-state index contributed by atoms with van der Waals surface area (Å²) in [5.74, 6) is 0. The molecule has 0 bridgehead atoms. The van der Waals surface area contributed by atoms with Crippen LogP contribution in [-0.2, 0) is 13.0 Å². The Labute approximate surface area is 140 Å². The van der Waals surface area contributed by atoms with Gasteiger partial charge >= 0.3 is 5.69 Å². The molecule has 24 heavy (non-hydrogen) atoms. The molecule has 0 saturated heterocycles. The van der Waals surface area contributed by atoms with Crippen LogP contribution >= 0.6 is 0 Å². The highest BCUT2D eigenvalue weighted by Crippen LogP contribution is 2.14. The third-order valence-corrected chi connectivity index (χ3v) is 4.05. The summed E-state index contributed by atoms with van der Waals surface area (Å²) in [7, 11) is 0. The first kappa shape index (κ1) is 16.4. The van der Waals surface area contributed by atoms with Crippen molar-refractivity contribution in [2.24, 2.45) is 5.73 Å². The average Bonchev–Trinajstić information content (AvgIpc) is 3.00. The van der Waals surface area contributed by atoms with Crippen molar-refractivity contribution in [1.29, 1.82) is 0 Å². The van der Waals surface area contributed by atoms with E-state index in [-0.39, 0.29) is 5.69 Å². The summed E-state index contributed by atoms with van der Waals surface area (Å²) < 4.78 is 1.58. The van der Waals surface area contributed by atoms with Crippen molar-refractivity contribution < 1.29 is 0 Å². The highest BCUT2D eigenvalue weighted by atomic mass is 16.1. The van der Waals surface area contributed by atoms with E-state index in [1.165, 1.54) is 5.56 Å². The van der Waals surface area contributed by atoms with Crippen molar-refractivity contribution in [2.75, 3.05) is 13.1 Å². The molecule has 3 aromatic rings. The molecule has 0 aliphatic carbocycles. The minimum atomic E-state index is -0.277. The molecule has 2 heterocycles. The van der Waals surface area contributed by atoms with E-state index in [9.17, 15) is 4.79 Å². The molecule has 0 atom stereocenters. The van der Waals surface area contributed by atoms with E-state index in [0.717, 1.165) is 42.7 Å². The first-order valence-corrected chi connectivity index (χ1v) is 8.32. The molecule has 0 amide bonds. The van der Waals surface area contributed by atoms with Crippen LogP contribution in [0.4, 0.5) is 0 Å². The van der Waals surface area contributed by atoms with Crippen molar-refractivity contribution >= 4 is 11.0 Å². The van der Waals surface area contributed by atoms with Crippen LogP contribution in [0.2, 0.25) is 0 Å². The van der Waals surface area contributed by atoms with E-state index in [1.54, 1.807) is 4.57 Å². The van der Waals surface area contributed by atoms with Crippen LogP contribution in [0.5, 0.6) is 0 Å². The van der Waals surface area contributed by atoms with E-state index < -0.39 is 0 Å². The summed E-state index contributed by atoms with van der Waals surface area (Å²) in [5, 5.41) is 4.29. The fourth-order valence-electron chi connectivity index (χ4n) is 2.66. The number of benzene rings is 1. The Kier molecular flexibility index (Phi) is 5.08. The first-order chi connectivity index (χ1) is 11.7. The van der Waals surface area contributed by atoms with Gasteiger partial charge in [0, 0.05) is 23.8 Å². The van der Waals surface area contributed by atoms with Gasteiger partial charge in [-0.1, -0.05) is 19.1 Å². The Balaban J connectivity index is 1.82. The van der Waals surface area contributed by atoms with Gasteiger partial charge in [0.1, 0.15) is 5.65 Å². The van der Waals surface area contributed by atoms with Gasteiger partial charge in [0.05, 0.1) is 5.69 Å². The molecule has 0 unspecified atom stereocenters. The third-order valence-electron chi connectivity index (χ3n) is 4.05. The standard InChI is InChI=1S/C18H23N5O/c1-2-15-10-14-12-23(18(24)22-17(14)21-15)16-6-4-13(5-7-16)11-20-9-3-8-19/h4-7,10,12,20H,2-3,8-9,11,19H2,1H3,(H,21,22,24). The Morgan fingerprint density at radius 1 is 1.29 bits per heavy atom. The monoisotopic (exact) mass is 325 g/mol. The molecule has 6 nitrogen and oxygen atoms in total. The van der Waals surface area contributed by atoms with E-state index >= 15 is 0 Å². The van der Waals surface area contributed by atoms with Crippen LogP contribution < -0.4 is 16.7 Å². The average molecular weight is 325 g/mol. The van der Waals surface area contributed by atoms with Crippen LogP contribution in [0.25, 0.3) is 16.7 Å². The van der Waals surface area contributed by atoms with Crippen molar-refractivity contribution in [3.63, 3.8) is 0 Å². The molecular weight excluding hydrogens is 302 g/mol. The van der Waals surface area contributed by atoms with Gasteiger partial charge in [-0.3, -0.25) is 4.57 Å². The molecule has 0 aliphatic rings. The summed E-state index contributed by atoms with van der Waals surface area (Å²) >= 11 is 0. The van der Waals surface area contributed by atoms with Crippen molar-refractivity contribution in [1.82, 2.24) is 19.9 Å². The summed E-state index contributed by atoms with van der Waals surface area (Å²) in [6.45, 7) is 4.47.